The lowest BCUT2D eigenvalue weighted by molar-refractivity contribution is 0.301. The highest BCUT2D eigenvalue weighted by molar-refractivity contribution is 7.89. The molecule has 0 aliphatic rings. The Bertz CT molecular complexity index is 232. The lowest BCUT2D eigenvalue weighted by Crippen LogP contribution is -2.28. The Kier molecular flexibility index (Phi) is 9.49. The average Bonchev–Trinajstić information content (AvgIpc) is 2.20. The first-order chi connectivity index (χ1) is 7.12. The van der Waals surface area contributed by atoms with Gasteiger partial charge in [-0.1, -0.05) is 19.3 Å². The van der Waals surface area contributed by atoms with E-state index in [1.165, 1.54) is 0 Å². The fourth-order valence-corrected chi connectivity index (χ4v) is 2.51. The SMILES string of the molecule is O=S(=O)(CCCCCCCCl)NCCO. The Labute approximate surface area is 97.1 Å². The van der Waals surface area contributed by atoms with Gasteiger partial charge in [-0.15, -0.1) is 11.6 Å². The predicted octanol–water partition coefficient (Wildman–Crippen LogP) is 1.09. The number of aliphatic hydroxyl groups excluding tert-OH is 1. The molecule has 0 bridgehead atoms. The number of nitrogens with one attached hydrogen (secondary N) is 1. The van der Waals surface area contributed by atoms with Crippen molar-refractivity contribution in [3.63, 3.8) is 0 Å². The molecule has 0 aromatic rings. The normalized spacial score (nSPS) is 11.9. The number of hydrogen-bond acceptors (Lipinski definition) is 3. The first kappa shape index (κ1) is 15.2. The van der Waals surface area contributed by atoms with Crippen LogP contribution in [0.15, 0.2) is 0 Å². The van der Waals surface area contributed by atoms with Crippen LogP contribution in [-0.4, -0.2) is 38.3 Å². The summed E-state index contributed by atoms with van der Waals surface area (Å²) in [6.07, 6.45) is 4.67. The Hall–Kier alpha value is 0.160. The van der Waals surface area contributed by atoms with Gasteiger partial charge >= 0.3 is 0 Å². The lowest BCUT2D eigenvalue weighted by Gasteiger charge is -2.04. The van der Waals surface area contributed by atoms with Crippen molar-refractivity contribution in [1.82, 2.24) is 4.72 Å². The van der Waals surface area contributed by atoms with Crippen LogP contribution in [-0.2, 0) is 10.0 Å². The largest absolute Gasteiger partial charge is 0.395 e. The third-order valence-corrected chi connectivity index (χ3v) is 3.72. The molecule has 4 nitrogen and oxygen atoms in total. The molecule has 0 aliphatic heterocycles. The molecular weight excluding hydrogens is 238 g/mol. The van der Waals surface area contributed by atoms with Gasteiger partial charge in [-0.25, -0.2) is 13.1 Å². The maximum absolute atomic E-state index is 11.2. The quantitative estimate of drug-likeness (QED) is 0.455. The molecule has 0 fully saturated rings. The molecule has 0 saturated heterocycles. The van der Waals surface area contributed by atoms with Gasteiger partial charge in [-0.05, 0) is 12.8 Å². The number of unbranched alkanes of at least 4 members (excludes halogenated alkanes) is 4. The second-order valence-electron chi connectivity index (χ2n) is 3.39. The second kappa shape index (κ2) is 9.39. The first-order valence-corrected chi connectivity index (χ1v) is 7.45. The minimum atomic E-state index is -3.17. The van der Waals surface area contributed by atoms with Crippen molar-refractivity contribution < 1.29 is 13.5 Å². The molecule has 2 N–H and O–H groups in total. The molecule has 0 unspecified atom stereocenters. The van der Waals surface area contributed by atoms with E-state index in [4.69, 9.17) is 16.7 Å². The van der Waals surface area contributed by atoms with Crippen LogP contribution in [0.25, 0.3) is 0 Å². The van der Waals surface area contributed by atoms with E-state index in [1.54, 1.807) is 0 Å². The van der Waals surface area contributed by atoms with Gasteiger partial charge in [0.2, 0.25) is 10.0 Å². The summed E-state index contributed by atoms with van der Waals surface area (Å²) in [4.78, 5) is 0. The molecule has 0 heterocycles. The Morgan fingerprint density at radius 1 is 1.07 bits per heavy atom. The van der Waals surface area contributed by atoms with E-state index < -0.39 is 10.0 Å². The van der Waals surface area contributed by atoms with E-state index in [2.05, 4.69) is 4.72 Å². The molecule has 15 heavy (non-hydrogen) atoms. The lowest BCUT2D eigenvalue weighted by atomic mass is 10.2. The van der Waals surface area contributed by atoms with Crippen molar-refractivity contribution >= 4 is 21.6 Å². The molecule has 0 spiro atoms. The van der Waals surface area contributed by atoms with E-state index >= 15 is 0 Å². The molecule has 92 valence electrons. The Balaban J connectivity index is 3.41. The second-order valence-corrected chi connectivity index (χ2v) is 5.70. The van der Waals surface area contributed by atoms with Crippen LogP contribution in [0.1, 0.15) is 32.1 Å². The van der Waals surface area contributed by atoms with E-state index in [0.717, 1.165) is 25.7 Å². The molecule has 0 aromatic heterocycles. The van der Waals surface area contributed by atoms with Gasteiger partial charge in [-0.2, -0.15) is 0 Å². The van der Waals surface area contributed by atoms with E-state index in [9.17, 15) is 8.42 Å². The summed E-state index contributed by atoms with van der Waals surface area (Å²) < 4.78 is 24.8. The summed E-state index contributed by atoms with van der Waals surface area (Å²) in [5, 5.41) is 8.46. The number of rotatable bonds is 10. The highest BCUT2D eigenvalue weighted by atomic mass is 35.5. The van der Waals surface area contributed by atoms with Gasteiger partial charge in [0.25, 0.3) is 0 Å². The van der Waals surface area contributed by atoms with Crippen LogP contribution < -0.4 is 4.72 Å². The van der Waals surface area contributed by atoms with Crippen LogP contribution >= 0.6 is 11.6 Å². The molecule has 6 heteroatoms. The van der Waals surface area contributed by atoms with Gasteiger partial charge in [0.1, 0.15) is 0 Å². The van der Waals surface area contributed by atoms with Gasteiger partial charge in [0.15, 0.2) is 0 Å². The van der Waals surface area contributed by atoms with Crippen molar-refractivity contribution in [3.8, 4) is 0 Å². The molecule has 0 radical (unpaired) electrons. The fourth-order valence-electron chi connectivity index (χ4n) is 1.19. The Morgan fingerprint density at radius 2 is 1.67 bits per heavy atom. The Morgan fingerprint density at radius 3 is 2.27 bits per heavy atom. The zero-order chi connectivity index (χ0) is 11.6. The summed E-state index contributed by atoms with van der Waals surface area (Å²) >= 11 is 5.51. The van der Waals surface area contributed by atoms with Gasteiger partial charge < -0.3 is 5.11 Å². The summed E-state index contributed by atoms with van der Waals surface area (Å²) in [5.41, 5.74) is 0. The standard InChI is InChI=1S/C9H20ClNO3S/c10-6-4-2-1-3-5-9-15(13,14)11-7-8-12/h11-12H,1-9H2. The average molecular weight is 258 g/mol. The summed E-state index contributed by atoms with van der Waals surface area (Å²) in [6, 6.07) is 0. The fraction of sp³-hybridized carbons (Fsp3) is 1.00. The van der Waals surface area contributed by atoms with Crippen molar-refractivity contribution in [2.24, 2.45) is 0 Å². The maximum atomic E-state index is 11.2. The molecule has 0 atom stereocenters. The number of sulfonamides is 1. The molecule has 0 aromatic carbocycles. The predicted molar refractivity (Wildman–Crippen MR) is 62.7 cm³/mol. The van der Waals surface area contributed by atoms with Crippen LogP contribution in [0.5, 0.6) is 0 Å². The van der Waals surface area contributed by atoms with Crippen LogP contribution in [0.3, 0.4) is 0 Å². The van der Waals surface area contributed by atoms with E-state index in [0.29, 0.717) is 12.3 Å². The van der Waals surface area contributed by atoms with E-state index in [-0.39, 0.29) is 18.9 Å². The minimum absolute atomic E-state index is 0.106. The van der Waals surface area contributed by atoms with E-state index in [1.807, 2.05) is 0 Å². The van der Waals surface area contributed by atoms with Gasteiger partial charge in [0, 0.05) is 12.4 Å². The van der Waals surface area contributed by atoms with Gasteiger partial charge in [-0.3, -0.25) is 0 Å². The topological polar surface area (TPSA) is 66.4 Å². The highest BCUT2D eigenvalue weighted by Gasteiger charge is 2.07. The maximum Gasteiger partial charge on any atom is 0.211 e. The van der Waals surface area contributed by atoms with Crippen molar-refractivity contribution in [3.05, 3.63) is 0 Å². The molecule has 0 aliphatic carbocycles. The smallest absolute Gasteiger partial charge is 0.211 e. The minimum Gasteiger partial charge on any atom is -0.395 e. The monoisotopic (exact) mass is 257 g/mol. The molecular formula is C9H20ClNO3S. The molecule has 0 saturated carbocycles. The van der Waals surface area contributed by atoms with Crippen molar-refractivity contribution in [2.45, 2.75) is 32.1 Å². The third-order valence-electron chi connectivity index (χ3n) is 1.98. The summed E-state index contributed by atoms with van der Waals surface area (Å²) in [5.74, 6) is 0.824. The number of alkyl halides is 1. The number of halogens is 1. The first-order valence-electron chi connectivity index (χ1n) is 5.26. The zero-order valence-electron chi connectivity index (χ0n) is 8.91. The van der Waals surface area contributed by atoms with Crippen LogP contribution in [0.2, 0.25) is 0 Å². The summed E-state index contributed by atoms with van der Waals surface area (Å²) in [6.45, 7) is -0.0521. The third kappa shape index (κ3) is 10.4. The highest BCUT2D eigenvalue weighted by Crippen LogP contribution is 2.04. The van der Waals surface area contributed by atoms with Crippen LogP contribution in [0.4, 0.5) is 0 Å². The van der Waals surface area contributed by atoms with Gasteiger partial charge in [0.05, 0.1) is 12.4 Å². The van der Waals surface area contributed by atoms with Crippen LogP contribution in [0, 0.1) is 0 Å². The molecule has 0 amide bonds. The van der Waals surface area contributed by atoms with Crippen molar-refractivity contribution in [2.75, 3.05) is 24.8 Å². The zero-order valence-corrected chi connectivity index (χ0v) is 10.5. The summed E-state index contributed by atoms with van der Waals surface area (Å²) in [7, 11) is -3.17. The number of hydrogen-bond donors (Lipinski definition) is 2. The molecule has 0 rings (SSSR count). The van der Waals surface area contributed by atoms with Crippen molar-refractivity contribution in [1.29, 1.82) is 0 Å². The number of aliphatic hydroxyl groups is 1.